The fraction of sp³-hybridized carbons (Fsp3) is 0.200. The Bertz CT molecular complexity index is 764. The summed E-state index contributed by atoms with van der Waals surface area (Å²) in [5.41, 5.74) is 8.50. The molecule has 20 heavy (non-hydrogen) atoms. The summed E-state index contributed by atoms with van der Waals surface area (Å²) in [6.07, 6.45) is 0. The number of aromatic nitrogens is 3. The van der Waals surface area contributed by atoms with Gasteiger partial charge in [-0.05, 0) is 31.2 Å². The summed E-state index contributed by atoms with van der Waals surface area (Å²) >= 11 is 0. The Balaban J connectivity index is 2.24. The molecule has 5 heteroatoms. The van der Waals surface area contributed by atoms with Crippen molar-refractivity contribution in [3.8, 4) is 17.3 Å². The van der Waals surface area contributed by atoms with Crippen molar-refractivity contribution >= 4 is 16.9 Å². The van der Waals surface area contributed by atoms with Crippen LogP contribution in [0.3, 0.4) is 0 Å². The minimum absolute atomic E-state index is 0.495. The highest BCUT2D eigenvalue weighted by Gasteiger charge is 2.13. The van der Waals surface area contributed by atoms with E-state index in [4.69, 9.17) is 10.5 Å². The summed E-state index contributed by atoms with van der Waals surface area (Å²) < 4.78 is 7.37. The molecule has 0 saturated heterocycles. The molecule has 0 radical (unpaired) electrons. The van der Waals surface area contributed by atoms with E-state index in [1.165, 1.54) is 0 Å². The zero-order chi connectivity index (χ0) is 14.1. The van der Waals surface area contributed by atoms with Gasteiger partial charge in [0.2, 0.25) is 0 Å². The predicted molar refractivity (Wildman–Crippen MR) is 79.6 cm³/mol. The highest BCUT2D eigenvalue weighted by atomic mass is 16.5. The molecule has 0 unspecified atom stereocenters. The number of hydrogen-bond donors (Lipinski definition) is 1. The number of benzene rings is 1. The quantitative estimate of drug-likeness (QED) is 0.793. The SMILES string of the molecule is CCn1c(-c2cccc(N)n2)nc2cc(OC)ccc21. The number of ether oxygens (including phenoxy) is 1. The Kier molecular flexibility index (Phi) is 3.02. The second-order valence-corrected chi connectivity index (χ2v) is 4.48. The first-order valence-electron chi connectivity index (χ1n) is 6.50. The van der Waals surface area contributed by atoms with Crippen LogP contribution in [0.2, 0.25) is 0 Å². The summed E-state index contributed by atoms with van der Waals surface area (Å²) in [4.78, 5) is 9.02. The van der Waals surface area contributed by atoms with Crippen molar-refractivity contribution in [1.29, 1.82) is 0 Å². The Labute approximate surface area is 117 Å². The molecule has 3 aromatic rings. The van der Waals surface area contributed by atoms with E-state index in [2.05, 4.69) is 21.5 Å². The van der Waals surface area contributed by atoms with E-state index in [0.717, 1.165) is 34.8 Å². The van der Waals surface area contributed by atoms with Crippen LogP contribution < -0.4 is 10.5 Å². The summed E-state index contributed by atoms with van der Waals surface area (Å²) in [7, 11) is 1.65. The van der Waals surface area contributed by atoms with Crippen molar-refractivity contribution in [1.82, 2.24) is 14.5 Å². The van der Waals surface area contributed by atoms with Gasteiger partial charge in [-0.25, -0.2) is 9.97 Å². The van der Waals surface area contributed by atoms with Crippen LogP contribution in [-0.2, 0) is 6.54 Å². The monoisotopic (exact) mass is 268 g/mol. The van der Waals surface area contributed by atoms with Crippen molar-refractivity contribution in [3.05, 3.63) is 36.4 Å². The topological polar surface area (TPSA) is 66.0 Å². The molecule has 2 aromatic heterocycles. The molecule has 3 rings (SSSR count). The van der Waals surface area contributed by atoms with E-state index in [1.54, 1.807) is 13.2 Å². The highest BCUT2D eigenvalue weighted by molar-refractivity contribution is 5.81. The van der Waals surface area contributed by atoms with Crippen LogP contribution in [0.5, 0.6) is 5.75 Å². The standard InChI is InChI=1S/C15H16N4O/c1-3-19-13-8-7-10(20-2)9-12(13)18-15(19)11-5-4-6-14(16)17-11/h4-9H,3H2,1-2H3,(H2,16,17). The summed E-state index contributed by atoms with van der Waals surface area (Å²) in [5, 5.41) is 0. The van der Waals surface area contributed by atoms with Gasteiger partial charge < -0.3 is 15.0 Å². The molecule has 0 aliphatic carbocycles. The van der Waals surface area contributed by atoms with Crippen molar-refractivity contribution in [3.63, 3.8) is 0 Å². The fourth-order valence-corrected chi connectivity index (χ4v) is 2.33. The highest BCUT2D eigenvalue weighted by Crippen LogP contribution is 2.26. The lowest BCUT2D eigenvalue weighted by molar-refractivity contribution is 0.415. The lowest BCUT2D eigenvalue weighted by atomic mass is 10.3. The van der Waals surface area contributed by atoms with Crippen LogP contribution in [0.4, 0.5) is 5.82 Å². The molecule has 102 valence electrons. The van der Waals surface area contributed by atoms with E-state index < -0.39 is 0 Å². The van der Waals surface area contributed by atoms with Crippen LogP contribution in [0.1, 0.15) is 6.92 Å². The maximum Gasteiger partial charge on any atom is 0.159 e. The third kappa shape index (κ3) is 1.97. The van der Waals surface area contributed by atoms with Crippen molar-refractivity contribution in [2.24, 2.45) is 0 Å². The number of fused-ring (bicyclic) bond motifs is 1. The van der Waals surface area contributed by atoms with Crippen LogP contribution >= 0.6 is 0 Å². The molecular formula is C15H16N4O. The molecule has 0 atom stereocenters. The number of hydrogen-bond acceptors (Lipinski definition) is 4. The van der Waals surface area contributed by atoms with Gasteiger partial charge in [-0.2, -0.15) is 0 Å². The third-order valence-electron chi connectivity index (χ3n) is 3.27. The molecule has 0 aliphatic rings. The Morgan fingerprint density at radius 1 is 1.20 bits per heavy atom. The van der Waals surface area contributed by atoms with Gasteiger partial charge in [-0.1, -0.05) is 6.07 Å². The number of pyridine rings is 1. The van der Waals surface area contributed by atoms with Crippen molar-refractivity contribution in [2.75, 3.05) is 12.8 Å². The molecule has 0 aliphatic heterocycles. The molecule has 5 nitrogen and oxygen atoms in total. The van der Waals surface area contributed by atoms with E-state index >= 15 is 0 Å². The fourth-order valence-electron chi connectivity index (χ4n) is 2.33. The zero-order valence-corrected chi connectivity index (χ0v) is 11.5. The largest absolute Gasteiger partial charge is 0.497 e. The van der Waals surface area contributed by atoms with Crippen LogP contribution in [-0.4, -0.2) is 21.6 Å². The molecule has 0 fully saturated rings. The first-order valence-corrected chi connectivity index (χ1v) is 6.50. The Morgan fingerprint density at radius 2 is 2.05 bits per heavy atom. The first kappa shape index (κ1) is 12.5. The summed E-state index contributed by atoms with van der Waals surface area (Å²) in [5.74, 6) is 2.11. The minimum Gasteiger partial charge on any atom is -0.497 e. The predicted octanol–water partition coefficient (Wildman–Crippen LogP) is 2.71. The first-order chi connectivity index (χ1) is 9.72. The number of nitrogens with two attached hydrogens (primary N) is 1. The molecule has 0 bridgehead atoms. The number of nitrogens with zero attached hydrogens (tertiary/aromatic N) is 3. The van der Waals surface area contributed by atoms with Crippen molar-refractivity contribution in [2.45, 2.75) is 13.5 Å². The molecule has 2 N–H and O–H groups in total. The maximum absolute atomic E-state index is 5.76. The van der Waals surface area contributed by atoms with Gasteiger partial charge >= 0.3 is 0 Å². The van der Waals surface area contributed by atoms with Crippen molar-refractivity contribution < 1.29 is 4.74 Å². The number of nitrogen functional groups attached to an aromatic ring is 1. The molecule has 1 aromatic carbocycles. The second-order valence-electron chi connectivity index (χ2n) is 4.48. The normalized spacial score (nSPS) is 10.9. The van der Waals surface area contributed by atoms with E-state index in [9.17, 15) is 0 Å². The van der Waals surface area contributed by atoms with E-state index in [0.29, 0.717) is 5.82 Å². The van der Waals surface area contributed by atoms with Gasteiger partial charge in [-0.3, -0.25) is 0 Å². The lowest BCUT2D eigenvalue weighted by Crippen LogP contribution is -2.00. The Morgan fingerprint density at radius 3 is 2.75 bits per heavy atom. The van der Waals surface area contributed by atoms with E-state index in [-0.39, 0.29) is 0 Å². The molecule has 2 heterocycles. The van der Waals surface area contributed by atoms with E-state index in [1.807, 2.05) is 30.3 Å². The maximum atomic E-state index is 5.76. The molecule has 0 saturated carbocycles. The molecule has 0 amide bonds. The Hall–Kier alpha value is -2.56. The second kappa shape index (κ2) is 4.85. The smallest absolute Gasteiger partial charge is 0.159 e. The number of methoxy groups -OCH3 is 1. The number of anilines is 1. The zero-order valence-electron chi connectivity index (χ0n) is 11.5. The lowest BCUT2D eigenvalue weighted by Gasteiger charge is -2.06. The van der Waals surface area contributed by atoms with Gasteiger partial charge in [0.05, 0.1) is 18.1 Å². The van der Waals surface area contributed by atoms with Gasteiger partial charge in [0.15, 0.2) is 5.82 Å². The third-order valence-corrected chi connectivity index (χ3v) is 3.27. The van der Waals surface area contributed by atoms with Gasteiger partial charge in [0.1, 0.15) is 17.3 Å². The number of imidazole rings is 1. The van der Waals surface area contributed by atoms with Crippen LogP contribution in [0, 0.1) is 0 Å². The number of rotatable bonds is 3. The molecular weight excluding hydrogens is 252 g/mol. The summed E-state index contributed by atoms with van der Waals surface area (Å²) in [6, 6.07) is 11.5. The average molecular weight is 268 g/mol. The molecule has 0 spiro atoms. The minimum atomic E-state index is 0.495. The van der Waals surface area contributed by atoms with Crippen LogP contribution in [0.25, 0.3) is 22.6 Å². The van der Waals surface area contributed by atoms with Gasteiger partial charge in [-0.15, -0.1) is 0 Å². The van der Waals surface area contributed by atoms with Gasteiger partial charge in [0.25, 0.3) is 0 Å². The average Bonchev–Trinajstić information content (AvgIpc) is 2.84. The summed E-state index contributed by atoms with van der Waals surface area (Å²) in [6.45, 7) is 2.90. The van der Waals surface area contributed by atoms with Gasteiger partial charge in [0, 0.05) is 12.6 Å². The number of aryl methyl sites for hydroxylation is 1. The van der Waals surface area contributed by atoms with Crippen LogP contribution in [0.15, 0.2) is 36.4 Å².